The van der Waals surface area contributed by atoms with E-state index in [2.05, 4.69) is 25.3 Å². The fraction of sp³-hybridized carbons (Fsp3) is 0. The van der Waals surface area contributed by atoms with Crippen LogP contribution in [-0.2, 0) is 0 Å². The van der Waals surface area contributed by atoms with Crippen LogP contribution in [-0.4, -0.2) is 29.8 Å². The summed E-state index contributed by atoms with van der Waals surface area (Å²) in [4.78, 5) is 8.32. The molecular formula is C8H7N7. The zero-order chi connectivity index (χ0) is 10.3. The van der Waals surface area contributed by atoms with Crippen LogP contribution in [0.2, 0.25) is 0 Å². The second-order valence-electron chi connectivity index (χ2n) is 3.00. The molecule has 3 heterocycles. The molecule has 0 fully saturated rings. The quantitative estimate of drug-likeness (QED) is 0.581. The Morgan fingerprint density at radius 2 is 2.33 bits per heavy atom. The summed E-state index contributed by atoms with van der Waals surface area (Å²) >= 11 is 0. The van der Waals surface area contributed by atoms with Crippen molar-refractivity contribution in [1.29, 1.82) is 0 Å². The first-order valence-electron chi connectivity index (χ1n) is 4.30. The molecule has 3 aromatic heterocycles. The molecule has 7 nitrogen and oxygen atoms in total. The number of nitrogens with zero attached hydrogens (tertiary/aromatic N) is 5. The zero-order valence-corrected chi connectivity index (χ0v) is 7.62. The van der Waals surface area contributed by atoms with Crippen molar-refractivity contribution in [2.24, 2.45) is 0 Å². The van der Waals surface area contributed by atoms with E-state index in [1.807, 2.05) is 0 Å². The van der Waals surface area contributed by atoms with Gasteiger partial charge in [0.15, 0.2) is 5.65 Å². The molecule has 3 rings (SSSR count). The Morgan fingerprint density at radius 3 is 3.13 bits per heavy atom. The third kappa shape index (κ3) is 1.13. The summed E-state index contributed by atoms with van der Waals surface area (Å²) in [5.74, 6) is 0.229. The highest BCUT2D eigenvalue weighted by Crippen LogP contribution is 2.19. The third-order valence-corrected chi connectivity index (χ3v) is 2.04. The number of anilines is 1. The fourth-order valence-electron chi connectivity index (χ4n) is 1.42. The van der Waals surface area contributed by atoms with Gasteiger partial charge in [-0.3, -0.25) is 10.1 Å². The Kier molecular flexibility index (Phi) is 1.46. The molecule has 0 aliphatic heterocycles. The Balaban J connectivity index is 2.35. The van der Waals surface area contributed by atoms with Crippen molar-refractivity contribution in [3.8, 4) is 11.3 Å². The van der Waals surface area contributed by atoms with Crippen LogP contribution >= 0.6 is 0 Å². The van der Waals surface area contributed by atoms with E-state index >= 15 is 0 Å². The van der Waals surface area contributed by atoms with Crippen LogP contribution in [0, 0.1) is 0 Å². The number of nitrogens with one attached hydrogen (secondary N) is 1. The summed E-state index contributed by atoms with van der Waals surface area (Å²) < 4.78 is 1.59. The standard InChI is InChI=1S/C8H7N7/c9-8-13-7-6(5-3-11-12-4-5)10-1-2-15(7)14-8/h1-4H,(H2,9,14)(H,11,12). The average molecular weight is 201 g/mol. The van der Waals surface area contributed by atoms with Gasteiger partial charge in [0.25, 0.3) is 0 Å². The molecular weight excluding hydrogens is 194 g/mol. The van der Waals surface area contributed by atoms with Crippen LogP contribution in [0.3, 0.4) is 0 Å². The lowest BCUT2D eigenvalue weighted by molar-refractivity contribution is 0.954. The van der Waals surface area contributed by atoms with Gasteiger partial charge in [-0.25, -0.2) is 4.52 Å². The van der Waals surface area contributed by atoms with E-state index < -0.39 is 0 Å². The van der Waals surface area contributed by atoms with Gasteiger partial charge in [-0.15, -0.1) is 5.10 Å². The predicted molar refractivity (Wildman–Crippen MR) is 52.8 cm³/mol. The molecule has 0 radical (unpaired) electrons. The molecule has 0 aliphatic rings. The second kappa shape index (κ2) is 2.77. The molecule has 15 heavy (non-hydrogen) atoms. The van der Waals surface area contributed by atoms with Crippen LogP contribution in [0.5, 0.6) is 0 Å². The maximum absolute atomic E-state index is 5.52. The normalized spacial score (nSPS) is 10.9. The molecule has 74 valence electrons. The van der Waals surface area contributed by atoms with E-state index in [0.717, 1.165) is 5.56 Å². The summed E-state index contributed by atoms with van der Waals surface area (Å²) in [5.41, 5.74) is 7.70. The first-order valence-corrected chi connectivity index (χ1v) is 4.30. The Morgan fingerprint density at radius 1 is 1.40 bits per heavy atom. The first kappa shape index (κ1) is 7.92. The maximum Gasteiger partial charge on any atom is 0.240 e. The molecule has 0 saturated carbocycles. The second-order valence-corrected chi connectivity index (χ2v) is 3.00. The van der Waals surface area contributed by atoms with E-state index in [9.17, 15) is 0 Å². The van der Waals surface area contributed by atoms with Crippen molar-refractivity contribution in [3.05, 3.63) is 24.8 Å². The summed E-state index contributed by atoms with van der Waals surface area (Å²) in [7, 11) is 0. The number of nitrogens with two attached hydrogens (primary N) is 1. The molecule has 0 atom stereocenters. The highest BCUT2D eigenvalue weighted by atomic mass is 15.3. The number of nitrogen functional groups attached to an aromatic ring is 1. The lowest BCUT2D eigenvalue weighted by Gasteiger charge is -1.96. The number of hydrogen-bond donors (Lipinski definition) is 2. The molecule has 0 unspecified atom stereocenters. The lowest BCUT2D eigenvalue weighted by atomic mass is 10.2. The molecule has 0 aliphatic carbocycles. The predicted octanol–water partition coefficient (Wildman–Crippen LogP) is 0.0966. The minimum Gasteiger partial charge on any atom is -0.366 e. The molecule has 3 N–H and O–H groups in total. The summed E-state index contributed by atoms with van der Waals surface area (Å²) in [6.07, 6.45) is 6.76. The van der Waals surface area contributed by atoms with Crippen molar-refractivity contribution in [1.82, 2.24) is 29.8 Å². The summed E-state index contributed by atoms with van der Waals surface area (Å²) in [5, 5.41) is 10.6. The maximum atomic E-state index is 5.52. The van der Waals surface area contributed by atoms with Gasteiger partial charge in [-0.05, 0) is 0 Å². The number of aromatic nitrogens is 6. The van der Waals surface area contributed by atoms with Crippen LogP contribution in [0.25, 0.3) is 16.9 Å². The van der Waals surface area contributed by atoms with E-state index in [1.54, 1.807) is 29.3 Å². The molecule has 3 aromatic rings. The van der Waals surface area contributed by atoms with Crippen molar-refractivity contribution >= 4 is 11.6 Å². The lowest BCUT2D eigenvalue weighted by Crippen LogP contribution is -1.92. The van der Waals surface area contributed by atoms with Crippen LogP contribution in [0.1, 0.15) is 0 Å². The number of hydrogen-bond acceptors (Lipinski definition) is 5. The average Bonchev–Trinajstić information content (AvgIpc) is 2.82. The Bertz CT molecular complexity index is 595. The highest BCUT2D eigenvalue weighted by Gasteiger charge is 2.09. The van der Waals surface area contributed by atoms with Gasteiger partial charge in [0.1, 0.15) is 5.69 Å². The van der Waals surface area contributed by atoms with Crippen molar-refractivity contribution in [2.75, 3.05) is 5.73 Å². The smallest absolute Gasteiger partial charge is 0.240 e. The van der Waals surface area contributed by atoms with Gasteiger partial charge in [0.2, 0.25) is 5.95 Å². The molecule has 0 saturated heterocycles. The van der Waals surface area contributed by atoms with Gasteiger partial charge in [-0.1, -0.05) is 0 Å². The van der Waals surface area contributed by atoms with Gasteiger partial charge in [0.05, 0.1) is 6.20 Å². The van der Waals surface area contributed by atoms with Crippen LogP contribution in [0.4, 0.5) is 5.95 Å². The minimum absolute atomic E-state index is 0.229. The van der Waals surface area contributed by atoms with Crippen LogP contribution in [0.15, 0.2) is 24.8 Å². The molecule has 0 bridgehead atoms. The SMILES string of the molecule is Nc1nc2c(-c3cn[nH]c3)nccn2n1. The van der Waals surface area contributed by atoms with Gasteiger partial charge < -0.3 is 5.73 Å². The number of fused-ring (bicyclic) bond motifs is 1. The van der Waals surface area contributed by atoms with Crippen molar-refractivity contribution < 1.29 is 0 Å². The van der Waals surface area contributed by atoms with Gasteiger partial charge in [-0.2, -0.15) is 10.1 Å². The summed E-state index contributed by atoms with van der Waals surface area (Å²) in [6, 6.07) is 0. The van der Waals surface area contributed by atoms with E-state index in [4.69, 9.17) is 5.73 Å². The third-order valence-electron chi connectivity index (χ3n) is 2.04. The minimum atomic E-state index is 0.229. The van der Waals surface area contributed by atoms with E-state index in [1.165, 1.54) is 0 Å². The number of H-pyrrole nitrogens is 1. The zero-order valence-electron chi connectivity index (χ0n) is 7.62. The molecule has 0 aromatic carbocycles. The molecule has 7 heteroatoms. The molecule has 0 amide bonds. The molecule has 0 spiro atoms. The van der Waals surface area contributed by atoms with E-state index in [0.29, 0.717) is 11.3 Å². The monoisotopic (exact) mass is 201 g/mol. The Labute approximate surface area is 84.0 Å². The van der Waals surface area contributed by atoms with Gasteiger partial charge in [0, 0.05) is 24.2 Å². The van der Waals surface area contributed by atoms with Crippen LogP contribution < -0.4 is 5.73 Å². The first-order chi connectivity index (χ1) is 7.34. The number of rotatable bonds is 1. The van der Waals surface area contributed by atoms with E-state index in [-0.39, 0.29) is 5.95 Å². The summed E-state index contributed by atoms with van der Waals surface area (Å²) in [6.45, 7) is 0. The van der Waals surface area contributed by atoms with Crippen molar-refractivity contribution in [2.45, 2.75) is 0 Å². The van der Waals surface area contributed by atoms with Crippen molar-refractivity contribution in [3.63, 3.8) is 0 Å². The fourth-order valence-corrected chi connectivity index (χ4v) is 1.42. The number of aromatic amines is 1. The topological polar surface area (TPSA) is 97.8 Å². The van der Waals surface area contributed by atoms with Gasteiger partial charge >= 0.3 is 0 Å². The largest absolute Gasteiger partial charge is 0.366 e. The Hall–Kier alpha value is -2.44. The highest BCUT2D eigenvalue weighted by molar-refractivity contribution is 5.72.